The Kier molecular flexibility index (Phi) is 4.38. The predicted molar refractivity (Wildman–Crippen MR) is 59.0 cm³/mol. The van der Waals surface area contributed by atoms with Crippen LogP contribution in [0.25, 0.3) is 0 Å². The molecule has 0 aliphatic heterocycles. The topological polar surface area (TPSA) is 89.3 Å². The normalized spacial score (nSPS) is 11.4. The van der Waals surface area contributed by atoms with Gasteiger partial charge in [0.05, 0.1) is 9.82 Å². The molecular weight excluding hydrogens is 275 g/mol. The molecule has 0 spiro atoms. The fourth-order valence-corrected chi connectivity index (χ4v) is 2.31. The van der Waals surface area contributed by atoms with Crippen LogP contribution in [0.4, 0.5) is 10.1 Å². The Morgan fingerprint density at radius 1 is 1.47 bits per heavy atom. The molecule has 0 aliphatic carbocycles. The van der Waals surface area contributed by atoms with Crippen molar-refractivity contribution in [2.75, 3.05) is 12.4 Å². The lowest BCUT2D eigenvalue weighted by Crippen LogP contribution is -2.25. The van der Waals surface area contributed by atoms with Crippen LogP contribution in [0.3, 0.4) is 0 Å². The first-order chi connectivity index (χ1) is 7.88. The Morgan fingerprint density at radius 2 is 2.12 bits per heavy atom. The molecule has 9 heteroatoms. The smallest absolute Gasteiger partial charge is 0.258 e. The average Bonchev–Trinajstić information content (AvgIpc) is 2.25. The van der Waals surface area contributed by atoms with E-state index in [0.717, 1.165) is 12.1 Å². The van der Waals surface area contributed by atoms with Gasteiger partial charge in [0.1, 0.15) is 0 Å². The van der Waals surface area contributed by atoms with Gasteiger partial charge < -0.3 is 0 Å². The summed E-state index contributed by atoms with van der Waals surface area (Å²) in [4.78, 5) is 9.02. The highest BCUT2D eigenvalue weighted by molar-refractivity contribution is 7.89. The standard InChI is InChI=1S/C8H8ClFN2O4S/c9-3-4-11-17(15,16)6-1-2-8(12(13)14)7(10)5-6/h1-2,5,11H,3-4H2. The summed E-state index contributed by atoms with van der Waals surface area (Å²) in [5, 5.41) is 10.3. The van der Waals surface area contributed by atoms with Crippen molar-refractivity contribution in [1.29, 1.82) is 0 Å². The van der Waals surface area contributed by atoms with Gasteiger partial charge in [0.2, 0.25) is 15.8 Å². The van der Waals surface area contributed by atoms with E-state index in [9.17, 15) is 22.9 Å². The molecule has 0 unspecified atom stereocenters. The third kappa shape index (κ3) is 3.35. The number of hydrogen-bond acceptors (Lipinski definition) is 4. The first-order valence-corrected chi connectivity index (χ1v) is 6.40. The van der Waals surface area contributed by atoms with E-state index in [0.29, 0.717) is 6.07 Å². The molecule has 0 fully saturated rings. The number of benzene rings is 1. The molecule has 1 rings (SSSR count). The van der Waals surface area contributed by atoms with E-state index in [1.165, 1.54) is 0 Å². The SMILES string of the molecule is O=[N+]([O-])c1ccc(S(=O)(=O)NCCCl)cc1F. The second kappa shape index (κ2) is 5.39. The van der Waals surface area contributed by atoms with Gasteiger partial charge >= 0.3 is 5.69 Å². The fourth-order valence-electron chi connectivity index (χ4n) is 1.06. The molecule has 0 amide bonds. The van der Waals surface area contributed by atoms with E-state index < -0.39 is 26.5 Å². The number of nitrogens with one attached hydrogen (secondary N) is 1. The lowest BCUT2D eigenvalue weighted by molar-refractivity contribution is -0.387. The summed E-state index contributed by atoms with van der Waals surface area (Å²) in [5.41, 5.74) is -0.777. The van der Waals surface area contributed by atoms with Gasteiger partial charge in [0.25, 0.3) is 0 Å². The van der Waals surface area contributed by atoms with E-state index in [2.05, 4.69) is 4.72 Å². The highest BCUT2D eigenvalue weighted by Crippen LogP contribution is 2.20. The maximum atomic E-state index is 13.2. The van der Waals surface area contributed by atoms with Gasteiger partial charge in [-0.1, -0.05) is 0 Å². The molecule has 1 aromatic rings. The van der Waals surface area contributed by atoms with Crippen LogP contribution < -0.4 is 4.72 Å². The summed E-state index contributed by atoms with van der Waals surface area (Å²) < 4.78 is 38.3. The van der Waals surface area contributed by atoms with Crippen molar-refractivity contribution in [2.24, 2.45) is 0 Å². The monoisotopic (exact) mass is 282 g/mol. The van der Waals surface area contributed by atoms with Gasteiger partial charge in [-0.2, -0.15) is 4.39 Å². The summed E-state index contributed by atoms with van der Waals surface area (Å²) in [7, 11) is -3.88. The average molecular weight is 283 g/mol. The van der Waals surface area contributed by atoms with Crippen molar-refractivity contribution in [3.8, 4) is 0 Å². The first-order valence-electron chi connectivity index (χ1n) is 4.38. The summed E-state index contributed by atoms with van der Waals surface area (Å²) in [6.07, 6.45) is 0. The molecule has 0 bridgehead atoms. The molecule has 0 heterocycles. The third-order valence-electron chi connectivity index (χ3n) is 1.81. The molecule has 0 aliphatic rings. The van der Waals surface area contributed by atoms with Crippen LogP contribution in [-0.4, -0.2) is 25.8 Å². The zero-order chi connectivity index (χ0) is 13.1. The number of nitro groups is 1. The van der Waals surface area contributed by atoms with Crippen molar-refractivity contribution >= 4 is 27.3 Å². The van der Waals surface area contributed by atoms with Gasteiger partial charge in [-0.25, -0.2) is 13.1 Å². The molecule has 0 aromatic heterocycles. The van der Waals surface area contributed by atoms with E-state index in [1.54, 1.807) is 0 Å². The molecule has 1 aromatic carbocycles. The third-order valence-corrected chi connectivity index (χ3v) is 3.46. The number of alkyl halides is 1. The Bertz CT molecular complexity index is 534. The molecule has 0 radical (unpaired) electrons. The number of nitrogens with zero attached hydrogens (tertiary/aromatic N) is 1. The lowest BCUT2D eigenvalue weighted by Gasteiger charge is -2.04. The van der Waals surface area contributed by atoms with E-state index >= 15 is 0 Å². The van der Waals surface area contributed by atoms with Crippen LogP contribution in [0.2, 0.25) is 0 Å². The minimum atomic E-state index is -3.88. The molecule has 94 valence electrons. The van der Waals surface area contributed by atoms with Gasteiger partial charge in [-0.15, -0.1) is 11.6 Å². The second-order valence-corrected chi connectivity index (χ2v) is 5.10. The van der Waals surface area contributed by atoms with Crippen molar-refractivity contribution in [1.82, 2.24) is 4.72 Å². The van der Waals surface area contributed by atoms with Gasteiger partial charge in [-0.05, 0) is 6.07 Å². The molecule has 0 saturated heterocycles. The summed E-state index contributed by atoms with van der Waals surface area (Å²) >= 11 is 5.30. The zero-order valence-corrected chi connectivity index (χ0v) is 9.96. The fraction of sp³-hybridized carbons (Fsp3) is 0.250. The predicted octanol–water partition coefficient (Wildman–Crippen LogP) is 1.25. The minimum Gasteiger partial charge on any atom is -0.258 e. The summed E-state index contributed by atoms with van der Waals surface area (Å²) in [6.45, 7) is -0.0114. The number of sulfonamides is 1. The summed E-state index contributed by atoms with van der Waals surface area (Å²) in [5.74, 6) is -1.14. The van der Waals surface area contributed by atoms with Crippen LogP contribution in [0.1, 0.15) is 0 Å². The Balaban J connectivity index is 3.09. The number of nitro benzene ring substituents is 1. The van der Waals surface area contributed by atoms with Crippen molar-refractivity contribution in [3.05, 3.63) is 34.1 Å². The quantitative estimate of drug-likeness (QED) is 0.500. The van der Waals surface area contributed by atoms with Crippen LogP contribution in [-0.2, 0) is 10.0 Å². The number of halogens is 2. The second-order valence-electron chi connectivity index (χ2n) is 2.96. The Labute approximate surface area is 102 Å². The largest absolute Gasteiger partial charge is 0.304 e. The van der Waals surface area contributed by atoms with Crippen LogP contribution in [0.5, 0.6) is 0 Å². The van der Waals surface area contributed by atoms with Crippen LogP contribution in [0, 0.1) is 15.9 Å². The molecule has 6 nitrogen and oxygen atoms in total. The Morgan fingerprint density at radius 3 is 2.59 bits per heavy atom. The van der Waals surface area contributed by atoms with Crippen molar-refractivity contribution in [2.45, 2.75) is 4.90 Å². The van der Waals surface area contributed by atoms with E-state index in [-0.39, 0.29) is 17.3 Å². The Hall–Kier alpha value is -1.25. The maximum Gasteiger partial charge on any atom is 0.304 e. The minimum absolute atomic E-state index is 0.0114. The van der Waals surface area contributed by atoms with E-state index in [4.69, 9.17) is 11.6 Å². The summed E-state index contributed by atoms with van der Waals surface area (Å²) in [6, 6.07) is 2.34. The maximum absolute atomic E-state index is 13.2. The lowest BCUT2D eigenvalue weighted by atomic mass is 10.3. The first kappa shape index (κ1) is 13.8. The van der Waals surface area contributed by atoms with Crippen LogP contribution in [0.15, 0.2) is 23.1 Å². The number of hydrogen-bond donors (Lipinski definition) is 1. The highest BCUT2D eigenvalue weighted by Gasteiger charge is 2.19. The molecular formula is C8H8ClFN2O4S. The van der Waals surface area contributed by atoms with Crippen molar-refractivity contribution in [3.63, 3.8) is 0 Å². The van der Waals surface area contributed by atoms with Gasteiger partial charge in [0, 0.05) is 24.6 Å². The highest BCUT2D eigenvalue weighted by atomic mass is 35.5. The number of rotatable bonds is 5. The molecule has 0 saturated carbocycles. The van der Waals surface area contributed by atoms with Crippen LogP contribution >= 0.6 is 11.6 Å². The molecule has 17 heavy (non-hydrogen) atoms. The van der Waals surface area contributed by atoms with E-state index in [1.807, 2.05) is 0 Å². The van der Waals surface area contributed by atoms with Gasteiger partial charge in [-0.3, -0.25) is 10.1 Å². The van der Waals surface area contributed by atoms with Crippen molar-refractivity contribution < 1.29 is 17.7 Å². The van der Waals surface area contributed by atoms with Gasteiger partial charge in [0.15, 0.2) is 0 Å². The molecule has 1 N–H and O–H groups in total. The zero-order valence-electron chi connectivity index (χ0n) is 8.39. The molecule has 0 atom stereocenters.